The van der Waals surface area contributed by atoms with Crippen LogP contribution in [0.25, 0.3) is 0 Å². The molecule has 2 aromatic carbocycles. The van der Waals surface area contributed by atoms with E-state index in [0.717, 1.165) is 22.7 Å². The van der Waals surface area contributed by atoms with E-state index in [0.29, 0.717) is 12.2 Å². The summed E-state index contributed by atoms with van der Waals surface area (Å²) in [5.74, 6) is 0.771. The van der Waals surface area contributed by atoms with Crippen LogP contribution in [0.4, 0.5) is 17.1 Å². The second-order valence-corrected chi connectivity index (χ2v) is 4.06. The minimum Gasteiger partial charge on any atom is -0.495 e. The molecule has 0 saturated heterocycles. The van der Waals surface area contributed by atoms with E-state index in [2.05, 4.69) is 5.32 Å². The standard InChI is InChI=1S/C14H17N3O/c1-18-14-6-5-12(16)8-13(14)17-9-10-3-2-4-11(15)7-10/h2-8,17H,9,15-16H2,1H3. The number of benzene rings is 2. The van der Waals surface area contributed by atoms with Crippen molar-refractivity contribution in [1.82, 2.24) is 0 Å². The summed E-state index contributed by atoms with van der Waals surface area (Å²) >= 11 is 0. The zero-order valence-electron chi connectivity index (χ0n) is 10.3. The molecule has 2 rings (SSSR count). The van der Waals surface area contributed by atoms with E-state index in [4.69, 9.17) is 16.2 Å². The lowest BCUT2D eigenvalue weighted by Crippen LogP contribution is -2.02. The average Bonchev–Trinajstić information content (AvgIpc) is 2.37. The Bertz CT molecular complexity index is 540. The number of ether oxygens (including phenoxy) is 1. The molecule has 4 nitrogen and oxygen atoms in total. The molecule has 94 valence electrons. The second kappa shape index (κ2) is 5.31. The molecule has 0 radical (unpaired) electrons. The quantitative estimate of drug-likeness (QED) is 0.721. The van der Waals surface area contributed by atoms with Crippen molar-refractivity contribution in [2.45, 2.75) is 6.54 Å². The van der Waals surface area contributed by atoms with E-state index in [1.807, 2.05) is 42.5 Å². The van der Waals surface area contributed by atoms with Gasteiger partial charge < -0.3 is 21.5 Å². The molecule has 0 bridgehead atoms. The van der Waals surface area contributed by atoms with Crippen LogP contribution in [0.5, 0.6) is 5.75 Å². The molecule has 0 fully saturated rings. The Morgan fingerprint density at radius 1 is 1.06 bits per heavy atom. The molecule has 0 heterocycles. The van der Waals surface area contributed by atoms with E-state index in [1.165, 1.54) is 0 Å². The van der Waals surface area contributed by atoms with E-state index < -0.39 is 0 Å². The second-order valence-electron chi connectivity index (χ2n) is 4.06. The molecule has 0 aliphatic heterocycles. The topological polar surface area (TPSA) is 73.3 Å². The van der Waals surface area contributed by atoms with Gasteiger partial charge in [-0.15, -0.1) is 0 Å². The highest BCUT2D eigenvalue weighted by Crippen LogP contribution is 2.27. The van der Waals surface area contributed by atoms with Crippen molar-refractivity contribution in [3.05, 3.63) is 48.0 Å². The van der Waals surface area contributed by atoms with Crippen molar-refractivity contribution in [2.75, 3.05) is 23.9 Å². The van der Waals surface area contributed by atoms with Crippen LogP contribution in [0, 0.1) is 0 Å². The van der Waals surface area contributed by atoms with Gasteiger partial charge in [0, 0.05) is 17.9 Å². The highest BCUT2D eigenvalue weighted by atomic mass is 16.5. The van der Waals surface area contributed by atoms with Gasteiger partial charge in [0.15, 0.2) is 0 Å². The summed E-state index contributed by atoms with van der Waals surface area (Å²) < 4.78 is 5.27. The van der Waals surface area contributed by atoms with Crippen molar-refractivity contribution in [1.29, 1.82) is 0 Å². The lowest BCUT2D eigenvalue weighted by atomic mass is 10.2. The smallest absolute Gasteiger partial charge is 0.142 e. The fourth-order valence-electron chi connectivity index (χ4n) is 1.76. The van der Waals surface area contributed by atoms with Gasteiger partial charge in [-0.2, -0.15) is 0 Å². The van der Waals surface area contributed by atoms with Gasteiger partial charge in [0.1, 0.15) is 5.75 Å². The number of hydrogen-bond donors (Lipinski definition) is 3. The predicted octanol–water partition coefficient (Wildman–Crippen LogP) is 2.47. The van der Waals surface area contributed by atoms with Gasteiger partial charge in [0.2, 0.25) is 0 Å². The van der Waals surface area contributed by atoms with Gasteiger partial charge in [-0.05, 0) is 35.9 Å². The molecule has 0 saturated carbocycles. The molecule has 0 aromatic heterocycles. The van der Waals surface area contributed by atoms with Gasteiger partial charge in [0.25, 0.3) is 0 Å². The highest BCUT2D eigenvalue weighted by molar-refractivity contribution is 5.63. The summed E-state index contributed by atoms with van der Waals surface area (Å²) in [6.07, 6.45) is 0. The SMILES string of the molecule is COc1ccc(N)cc1NCc1cccc(N)c1. The Morgan fingerprint density at radius 3 is 2.56 bits per heavy atom. The van der Waals surface area contributed by atoms with E-state index in [1.54, 1.807) is 7.11 Å². The van der Waals surface area contributed by atoms with Crippen LogP contribution < -0.4 is 21.5 Å². The monoisotopic (exact) mass is 243 g/mol. The number of methoxy groups -OCH3 is 1. The van der Waals surface area contributed by atoms with Crippen molar-refractivity contribution >= 4 is 17.1 Å². The Balaban J connectivity index is 2.12. The van der Waals surface area contributed by atoms with E-state index >= 15 is 0 Å². The van der Waals surface area contributed by atoms with Gasteiger partial charge in [-0.25, -0.2) is 0 Å². The first-order valence-corrected chi connectivity index (χ1v) is 5.71. The highest BCUT2D eigenvalue weighted by Gasteiger charge is 2.03. The van der Waals surface area contributed by atoms with Gasteiger partial charge in [-0.3, -0.25) is 0 Å². The first-order valence-electron chi connectivity index (χ1n) is 5.71. The minimum absolute atomic E-state index is 0.671. The molecular weight excluding hydrogens is 226 g/mol. The average molecular weight is 243 g/mol. The van der Waals surface area contributed by atoms with E-state index in [-0.39, 0.29) is 0 Å². The van der Waals surface area contributed by atoms with Gasteiger partial charge in [0.05, 0.1) is 12.8 Å². The van der Waals surface area contributed by atoms with Crippen LogP contribution in [0.15, 0.2) is 42.5 Å². The van der Waals surface area contributed by atoms with Gasteiger partial charge in [-0.1, -0.05) is 12.1 Å². The Kier molecular flexibility index (Phi) is 3.57. The minimum atomic E-state index is 0.671. The Hall–Kier alpha value is -2.36. The molecule has 0 aliphatic carbocycles. The maximum atomic E-state index is 5.76. The lowest BCUT2D eigenvalue weighted by Gasteiger charge is -2.12. The first-order chi connectivity index (χ1) is 8.69. The van der Waals surface area contributed by atoms with Crippen molar-refractivity contribution in [2.24, 2.45) is 0 Å². The molecule has 5 N–H and O–H groups in total. The van der Waals surface area contributed by atoms with Crippen LogP contribution >= 0.6 is 0 Å². The maximum Gasteiger partial charge on any atom is 0.142 e. The number of anilines is 3. The van der Waals surface area contributed by atoms with E-state index in [9.17, 15) is 0 Å². The summed E-state index contributed by atoms with van der Waals surface area (Å²) in [6, 6.07) is 13.3. The molecule has 0 atom stereocenters. The third kappa shape index (κ3) is 2.85. The van der Waals surface area contributed by atoms with Crippen LogP contribution in [0.2, 0.25) is 0 Å². The lowest BCUT2D eigenvalue weighted by molar-refractivity contribution is 0.416. The number of nitrogens with one attached hydrogen (secondary N) is 1. The van der Waals surface area contributed by atoms with Crippen LogP contribution in [0.3, 0.4) is 0 Å². The summed E-state index contributed by atoms with van der Waals surface area (Å²) in [5.41, 5.74) is 14.9. The molecule has 4 heteroatoms. The molecule has 0 aliphatic rings. The molecular formula is C14H17N3O. The fourth-order valence-corrected chi connectivity index (χ4v) is 1.76. The third-order valence-corrected chi connectivity index (χ3v) is 2.66. The largest absolute Gasteiger partial charge is 0.495 e. The molecule has 0 amide bonds. The maximum absolute atomic E-state index is 5.76. The summed E-state index contributed by atoms with van der Waals surface area (Å²) in [6.45, 7) is 0.671. The number of nitrogen functional groups attached to an aromatic ring is 2. The normalized spacial score (nSPS) is 10.1. The number of rotatable bonds is 4. The van der Waals surface area contributed by atoms with Crippen LogP contribution in [-0.4, -0.2) is 7.11 Å². The van der Waals surface area contributed by atoms with Gasteiger partial charge >= 0.3 is 0 Å². The molecule has 2 aromatic rings. The predicted molar refractivity (Wildman–Crippen MR) is 75.6 cm³/mol. The van der Waals surface area contributed by atoms with Crippen molar-refractivity contribution in [3.8, 4) is 5.75 Å². The molecule has 18 heavy (non-hydrogen) atoms. The zero-order valence-corrected chi connectivity index (χ0v) is 10.3. The number of nitrogens with two attached hydrogens (primary N) is 2. The Morgan fingerprint density at radius 2 is 1.83 bits per heavy atom. The third-order valence-electron chi connectivity index (χ3n) is 2.66. The summed E-state index contributed by atoms with van der Waals surface area (Å²) in [7, 11) is 1.64. The van der Waals surface area contributed by atoms with Crippen LogP contribution in [-0.2, 0) is 6.54 Å². The summed E-state index contributed by atoms with van der Waals surface area (Å²) in [4.78, 5) is 0. The van der Waals surface area contributed by atoms with Crippen molar-refractivity contribution < 1.29 is 4.74 Å². The summed E-state index contributed by atoms with van der Waals surface area (Å²) in [5, 5.41) is 3.29. The number of hydrogen-bond acceptors (Lipinski definition) is 4. The molecule has 0 spiro atoms. The molecule has 0 unspecified atom stereocenters. The Labute approximate surface area is 107 Å². The van der Waals surface area contributed by atoms with Crippen molar-refractivity contribution in [3.63, 3.8) is 0 Å². The first kappa shape index (κ1) is 12.1. The zero-order chi connectivity index (χ0) is 13.0. The van der Waals surface area contributed by atoms with Crippen LogP contribution in [0.1, 0.15) is 5.56 Å². The fraction of sp³-hybridized carbons (Fsp3) is 0.143.